The highest BCUT2D eigenvalue weighted by molar-refractivity contribution is 7.92. The van der Waals surface area contributed by atoms with Gasteiger partial charge in [-0.05, 0) is 92.7 Å². The fourth-order valence-corrected chi connectivity index (χ4v) is 8.15. The molecular formula is C38H51N5O5S. The normalized spacial score (nSPS) is 16.5. The first-order chi connectivity index (χ1) is 23.7. The average Bonchev–Trinajstić information content (AvgIpc) is 3.12. The second-order valence-electron chi connectivity index (χ2n) is 13.2. The van der Waals surface area contributed by atoms with Crippen molar-refractivity contribution in [2.75, 3.05) is 61.9 Å². The lowest BCUT2D eigenvalue weighted by Crippen LogP contribution is -2.61. The van der Waals surface area contributed by atoms with E-state index in [1.807, 2.05) is 54.6 Å². The minimum Gasteiger partial charge on any atom is -0.497 e. The van der Waals surface area contributed by atoms with E-state index in [9.17, 15) is 18.0 Å². The number of piperazine rings is 1. The molecule has 1 saturated heterocycles. The topological polar surface area (TPSA) is 111 Å². The number of rotatable bonds is 15. The molecule has 0 unspecified atom stereocenters. The number of carbonyl (C=O) groups excluding carboxylic acids is 2. The van der Waals surface area contributed by atoms with Crippen LogP contribution in [-0.4, -0.2) is 87.8 Å². The van der Waals surface area contributed by atoms with Crippen LogP contribution in [0.4, 0.5) is 11.4 Å². The summed E-state index contributed by atoms with van der Waals surface area (Å²) in [6.07, 6.45) is 5.82. The van der Waals surface area contributed by atoms with Crippen LogP contribution < -0.4 is 19.7 Å². The standard InChI is InChI=1S/C38H51N5O5S/c1-3-24-41-26-28-42(29-27-41)34-18-14-32(15-19-34)36(44)39-38(22-8-5-9-23-38)37(45)43(25-10-13-31-11-6-4-7-12-31)30-49(46,47)40-33-16-20-35(48-2)21-17-33/h4,6-7,11-12,14-21,40H,3,5,8-10,13,22-30H2,1-2H3,(H,39,44). The SMILES string of the molecule is CCCN1CCN(c2ccc(C(=O)NC3(C(=O)N(CCCc4ccccc4)CS(=O)(=O)Nc4ccc(OC)cc4)CCCCC3)cc2)CC1. The van der Waals surface area contributed by atoms with Gasteiger partial charge in [0.25, 0.3) is 15.9 Å². The highest BCUT2D eigenvalue weighted by Crippen LogP contribution is 2.31. The second-order valence-corrected chi connectivity index (χ2v) is 14.9. The molecule has 5 rings (SSSR count). The molecule has 0 atom stereocenters. The summed E-state index contributed by atoms with van der Waals surface area (Å²) in [5.41, 5.74) is 1.86. The van der Waals surface area contributed by atoms with Crippen molar-refractivity contribution >= 4 is 33.2 Å². The molecule has 0 aromatic heterocycles. The summed E-state index contributed by atoms with van der Waals surface area (Å²) in [7, 11) is -2.42. The van der Waals surface area contributed by atoms with Gasteiger partial charge in [0.15, 0.2) is 0 Å². The number of nitrogens with one attached hydrogen (secondary N) is 2. The van der Waals surface area contributed by atoms with E-state index in [1.165, 1.54) is 4.90 Å². The molecule has 3 aromatic carbocycles. The minimum atomic E-state index is -3.97. The summed E-state index contributed by atoms with van der Waals surface area (Å²) in [6.45, 7) is 7.48. The van der Waals surface area contributed by atoms with Crippen LogP contribution in [0.15, 0.2) is 78.9 Å². The third-order valence-electron chi connectivity index (χ3n) is 9.59. The number of sulfonamides is 1. The highest BCUT2D eigenvalue weighted by Gasteiger charge is 2.44. The lowest BCUT2D eigenvalue weighted by molar-refractivity contribution is -0.138. The van der Waals surface area contributed by atoms with Gasteiger partial charge in [0.1, 0.15) is 17.2 Å². The number of nitrogens with zero attached hydrogens (tertiary/aromatic N) is 3. The van der Waals surface area contributed by atoms with E-state index in [4.69, 9.17) is 4.74 Å². The predicted molar refractivity (Wildman–Crippen MR) is 196 cm³/mol. The van der Waals surface area contributed by atoms with Gasteiger partial charge in [-0.1, -0.05) is 56.5 Å². The third-order valence-corrected chi connectivity index (χ3v) is 10.8. The molecule has 3 aromatic rings. The lowest BCUT2D eigenvalue weighted by atomic mass is 9.80. The minimum absolute atomic E-state index is 0.231. The zero-order chi connectivity index (χ0) is 34.7. The van der Waals surface area contributed by atoms with Crippen molar-refractivity contribution < 1.29 is 22.7 Å². The van der Waals surface area contributed by atoms with E-state index in [0.29, 0.717) is 42.7 Å². The number of aryl methyl sites for hydroxylation is 1. The molecule has 264 valence electrons. The maximum atomic E-state index is 14.6. The summed E-state index contributed by atoms with van der Waals surface area (Å²) in [5, 5.41) is 3.12. The molecule has 11 heteroatoms. The molecule has 0 radical (unpaired) electrons. The van der Waals surface area contributed by atoms with Crippen LogP contribution >= 0.6 is 0 Å². The van der Waals surface area contributed by atoms with Crippen molar-refractivity contribution in [1.82, 2.24) is 15.1 Å². The molecule has 1 aliphatic heterocycles. The Labute approximate surface area is 291 Å². The van der Waals surface area contributed by atoms with Crippen LogP contribution in [0.1, 0.15) is 67.8 Å². The van der Waals surface area contributed by atoms with Crippen LogP contribution in [0.25, 0.3) is 0 Å². The summed E-state index contributed by atoms with van der Waals surface area (Å²) in [5.74, 6) is -0.589. The van der Waals surface area contributed by atoms with Crippen molar-refractivity contribution in [3.63, 3.8) is 0 Å². The van der Waals surface area contributed by atoms with Gasteiger partial charge in [0.05, 0.1) is 7.11 Å². The monoisotopic (exact) mass is 689 g/mol. The van der Waals surface area contributed by atoms with Gasteiger partial charge in [-0.3, -0.25) is 19.2 Å². The van der Waals surface area contributed by atoms with E-state index in [2.05, 4.69) is 26.8 Å². The zero-order valence-corrected chi connectivity index (χ0v) is 29.7. The summed E-state index contributed by atoms with van der Waals surface area (Å²) < 4.78 is 34.8. The molecular weight excluding hydrogens is 639 g/mol. The summed E-state index contributed by atoms with van der Waals surface area (Å²) >= 11 is 0. The Morgan fingerprint density at radius 2 is 1.55 bits per heavy atom. The Morgan fingerprint density at radius 3 is 2.18 bits per heavy atom. The first-order valence-corrected chi connectivity index (χ1v) is 19.2. The first kappa shape index (κ1) is 36.2. The predicted octanol–water partition coefficient (Wildman–Crippen LogP) is 5.52. The Balaban J connectivity index is 1.32. The number of carbonyl (C=O) groups is 2. The van der Waals surface area contributed by atoms with Crippen molar-refractivity contribution in [1.29, 1.82) is 0 Å². The van der Waals surface area contributed by atoms with E-state index < -0.39 is 21.4 Å². The average molecular weight is 690 g/mol. The van der Waals surface area contributed by atoms with Crippen molar-refractivity contribution in [3.8, 4) is 5.75 Å². The number of methoxy groups -OCH3 is 1. The fourth-order valence-electron chi connectivity index (χ4n) is 6.93. The third kappa shape index (κ3) is 9.98. The molecule has 1 saturated carbocycles. The number of ether oxygens (including phenoxy) is 1. The number of hydrogen-bond acceptors (Lipinski definition) is 7. The van der Waals surface area contributed by atoms with Gasteiger partial charge in [-0.2, -0.15) is 0 Å². The van der Waals surface area contributed by atoms with Crippen LogP contribution in [0.5, 0.6) is 5.75 Å². The van der Waals surface area contributed by atoms with Crippen molar-refractivity contribution in [2.45, 2.75) is 63.8 Å². The van der Waals surface area contributed by atoms with Gasteiger partial charge in [0, 0.05) is 49.7 Å². The Hall–Kier alpha value is -4.09. The van der Waals surface area contributed by atoms with Gasteiger partial charge in [-0.25, -0.2) is 8.42 Å². The molecule has 1 aliphatic carbocycles. The molecule has 49 heavy (non-hydrogen) atoms. The molecule has 10 nitrogen and oxygen atoms in total. The largest absolute Gasteiger partial charge is 0.497 e. The number of amides is 2. The maximum absolute atomic E-state index is 14.6. The molecule has 0 bridgehead atoms. The smallest absolute Gasteiger partial charge is 0.252 e. The van der Waals surface area contributed by atoms with Gasteiger partial charge >= 0.3 is 0 Å². The summed E-state index contributed by atoms with van der Waals surface area (Å²) in [6, 6.07) is 24.1. The van der Waals surface area contributed by atoms with E-state index >= 15 is 0 Å². The fraction of sp³-hybridized carbons (Fsp3) is 0.474. The van der Waals surface area contributed by atoms with Gasteiger partial charge in [-0.15, -0.1) is 0 Å². The molecule has 2 aliphatic rings. The summed E-state index contributed by atoms with van der Waals surface area (Å²) in [4.78, 5) is 34.6. The molecule has 2 amide bonds. The quantitative estimate of drug-likeness (QED) is 0.216. The van der Waals surface area contributed by atoms with Crippen LogP contribution in [-0.2, 0) is 21.2 Å². The van der Waals surface area contributed by atoms with Crippen LogP contribution in [0.2, 0.25) is 0 Å². The van der Waals surface area contributed by atoms with Crippen LogP contribution in [0.3, 0.4) is 0 Å². The van der Waals surface area contributed by atoms with Crippen molar-refractivity contribution in [2.24, 2.45) is 0 Å². The highest BCUT2D eigenvalue weighted by atomic mass is 32.2. The molecule has 0 spiro atoms. The number of benzene rings is 3. The van der Waals surface area contributed by atoms with E-state index in [-0.39, 0.29) is 18.4 Å². The van der Waals surface area contributed by atoms with Gasteiger partial charge in [0.2, 0.25) is 5.91 Å². The first-order valence-electron chi connectivity index (χ1n) is 17.6. The van der Waals surface area contributed by atoms with Crippen molar-refractivity contribution in [3.05, 3.63) is 90.0 Å². The van der Waals surface area contributed by atoms with E-state index in [1.54, 1.807) is 31.4 Å². The zero-order valence-electron chi connectivity index (χ0n) is 28.9. The van der Waals surface area contributed by atoms with E-state index in [0.717, 1.165) is 69.7 Å². The number of hydrogen-bond donors (Lipinski definition) is 2. The molecule has 2 fully saturated rings. The lowest BCUT2D eigenvalue weighted by Gasteiger charge is -2.40. The van der Waals surface area contributed by atoms with Crippen LogP contribution in [0, 0.1) is 0 Å². The maximum Gasteiger partial charge on any atom is 0.252 e. The molecule has 2 N–H and O–H groups in total. The van der Waals surface area contributed by atoms with Gasteiger partial charge < -0.3 is 19.9 Å². The molecule has 1 heterocycles. The second kappa shape index (κ2) is 17.0. The Kier molecular flexibility index (Phi) is 12.6. The number of anilines is 2. The Morgan fingerprint density at radius 1 is 0.878 bits per heavy atom. The Bertz CT molecular complexity index is 1600.